The maximum atomic E-state index is 12.3. The lowest BCUT2D eigenvalue weighted by Crippen LogP contribution is -2.53. The predicted molar refractivity (Wildman–Crippen MR) is 99.5 cm³/mol. The Balaban J connectivity index is 1.57. The van der Waals surface area contributed by atoms with Gasteiger partial charge in [-0.25, -0.2) is 0 Å². The number of hydrogen-bond acceptors (Lipinski definition) is 5. The molecule has 1 fully saturated rings. The Morgan fingerprint density at radius 2 is 1.89 bits per heavy atom. The van der Waals surface area contributed by atoms with E-state index in [1.807, 2.05) is 4.90 Å². The Hall–Kier alpha value is -3.36. The number of nitro groups is 1. The van der Waals surface area contributed by atoms with E-state index < -0.39 is 4.92 Å². The van der Waals surface area contributed by atoms with Crippen LogP contribution in [0.3, 0.4) is 0 Å². The molecule has 1 amide bonds. The van der Waals surface area contributed by atoms with Crippen molar-refractivity contribution in [2.24, 2.45) is 4.99 Å². The van der Waals surface area contributed by atoms with Gasteiger partial charge in [0.25, 0.3) is 11.6 Å². The van der Waals surface area contributed by atoms with Gasteiger partial charge >= 0.3 is 0 Å². The van der Waals surface area contributed by atoms with Crippen LogP contribution in [0.1, 0.15) is 16.1 Å². The first-order valence-electron chi connectivity index (χ1n) is 8.61. The van der Waals surface area contributed by atoms with Gasteiger partial charge < -0.3 is 19.5 Å². The van der Waals surface area contributed by atoms with Crippen LogP contribution in [0.4, 0.5) is 5.69 Å². The summed E-state index contributed by atoms with van der Waals surface area (Å²) in [7, 11) is 1.67. The average molecular weight is 371 g/mol. The Labute approximate surface area is 156 Å². The van der Waals surface area contributed by atoms with E-state index in [2.05, 4.69) is 10.3 Å². The standard InChI is InChI=1S/C18H21N5O4/c1-19-18(20-13-14-5-2-3-6-15(14)23(25)26)22-10-8-21(9-11-22)17(24)16-7-4-12-27-16/h2-7,12H,8-11,13H2,1H3,(H,19,20). The van der Waals surface area contributed by atoms with Crippen molar-refractivity contribution in [2.45, 2.75) is 6.54 Å². The van der Waals surface area contributed by atoms with Gasteiger partial charge in [0.2, 0.25) is 0 Å². The van der Waals surface area contributed by atoms with E-state index in [4.69, 9.17) is 4.42 Å². The minimum Gasteiger partial charge on any atom is -0.459 e. The third-order valence-electron chi connectivity index (χ3n) is 4.44. The van der Waals surface area contributed by atoms with Crippen LogP contribution in [0, 0.1) is 10.1 Å². The average Bonchev–Trinajstić information content (AvgIpc) is 3.23. The third kappa shape index (κ3) is 4.25. The van der Waals surface area contributed by atoms with Crippen molar-refractivity contribution in [3.8, 4) is 0 Å². The molecule has 1 aromatic heterocycles. The number of carbonyl (C=O) groups is 1. The lowest BCUT2D eigenvalue weighted by atomic mass is 10.2. The quantitative estimate of drug-likeness (QED) is 0.380. The zero-order valence-corrected chi connectivity index (χ0v) is 15.0. The van der Waals surface area contributed by atoms with Crippen molar-refractivity contribution in [2.75, 3.05) is 33.2 Å². The highest BCUT2D eigenvalue weighted by Gasteiger charge is 2.25. The summed E-state index contributed by atoms with van der Waals surface area (Å²) in [5, 5.41) is 14.3. The molecule has 9 nitrogen and oxygen atoms in total. The van der Waals surface area contributed by atoms with Crippen molar-refractivity contribution in [1.82, 2.24) is 15.1 Å². The van der Waals surface area contributed by atoms with Gasteiger partial charge in [-0.1, -0.05) is 18.2 Å². The van der Waals surface area contributed by atoms with Crippen molar-refractivity contribution in [1.29, 1.82) is 0 Å². The molecule has 1 aliphatic heterocycles. The summed E-state index contributed by atoms with van der Waals surface area (Å²) in [6, 6.07) is 9.97. The first-order chi connectivity index (χ1) is 13.1. The minimum absolute atomic E-state index is 0.0781. The summed E-state index contributed by atoms with van der Waals surface area (Å²) in [6.07, 6.45) is 1.48. The second-order valence-corrected chi connectivity index (χ2v) is 6.04. The first-order valence-corrected chi connectivity index (χ1v) is 8.61. The SMILES string of the molecule is CN=C(NCc1ccccc1[N+](=O)[O-])N1CCN(C(=O)c2ccco2)CC1. The maximum absolute atomic E-state index is 12.3. The molecule has 0 saturated carbocycles. The van der Waals surface area contributed by atoms with Crippen LogP contribution in [0.5, 0.6) is 0 Å². The van der Waals surface area contributed by atoms with Gasteiger partial charge in [-0.2, -0.15) is 0 Å². The molecule has 0 aliphatic carbocycles. The number of carbonyl (C=O) groups excluding carboxylic acids is 1. The topological polar surface area (TPSA) is 104 Å². The zero-order valence-electron chi connectivity index (χ0n) is 15.0. The van der Waals surface area contributed by atoms with Crippen LogP contribution in [0.25, 0.3) is 0 Å². The lowest BCUT2D eigenvalue weighted by molar-refractivity contribution is -0.385. The number of piperazine rings is 1. The Bertz CT molecular complexity index is 826. The Morgan fingerprint density at radius 1 is 1.19 bits per heavy atom. The summed E-state index contributed by atoms with van der Waals surface area (Å²) >= 11 is 0. The first kappa shape index (κ1) is 18.4. The molecule has 3 rings (SSSR count). The summed E-state index contributed by atoms with van der Waals surface area (Å²) in [4.78, 5) is 31.1. The number of guanidine groups is 1. The van der Waals surface area contributed by atoms with Crippen LogP contribution in [0.2, 0.25) is 0 Å². The molecule has 2 heterocycles. The molecule has 1 N–H and O–H groups in total. The fourth-order valence-corrected chi connectivity index (χ4v) is 3.02. The summed E-state index contributed by atoms with van der Waals surface area (Å²) < 4.78 is 5.17. The normalized spacial score (nSPS) is 14.9. The van der Waals surface area contributed by atoms with Crippen LogP contribution >= 0.6 is 0 Å². The highest BCUT2D eigenvalue weighted by Crippen LogP contribution is 2.17. The number of nitrogens with zero attached hydrogens (tertiary/aromatic N) is 4. The number of hydrogen-bond donors (Lipinski definition) is 1. The molecule has 0 atom stereocenters. The van der Waals surface area contributed by atoms with Crippen LogP contribution in [0.15, 0.2) is 52.1 Å². The van der Waals surface area contributed by atoms with E-state index in [1.165, 1.54) is 12.3 Å². The zero-order chi connectivity index (χ0) is 19.2. The minimum atomic E-state index is -0.390. The smallest absolute Gasteiger partial charge is 0.289 e. The molecule has 1 aromatic carbocycles. The van der Waals surface area contributed by atoms with Gasteiger partial charge in [-0.15, -0.1) is 0 Å². The molecule has 1 aliphatic rings. The number of furan rings is 1. The predicted octanol–water partition coefficient (Wildman–Crippen LogP) is 1.72. The number of rotatable bonds is 4. The van der Waals surface area contributed by atoms with Crippen molar-refractivity contribution >= 4 is 17.6 Å². The molecule has 0 radical (unpaired) electrons. The summed E-state index contributed by atoms with van der Waals surface area (Å²) in [5.74, 6) is 0.864. The molecule has 9 heteroatoms. The van der Waals surface area contributed by atoms with Crippen molar-refractivity contribution in [3.63, 3.8) is 0 Å². The fourth-order valence-electron chi connectivity index (χ4n) is 3.02. The number of nitrogens with one attached hydrogen (secondary N) is 1. The van der Waals surface area contributed by atoms with Crippen molar-refractivity contribution in [3.05, 3.63) is 64.1 Å². The van der Waals surface area contributed by atoms with Gasteiger partial charge in [0, 0.05) is 51.4 Å². The van der Waals surface area contributed by atoms with Gasteiger partial charge in [0.15, 0.2) is 11.7 Å². The van der Waals surface area contributed by atoms with E-state index in [0.29, 0.717) is 50.0 Å². The lowest BCUT2D eigenvalue weighted by Gasteiger charge is -2.36. The molecule has 0 unspecified atom stereocenters. The van der Waals surface area contributed by atoms with E-state index in [9.17, 15) is 14.9 Å². The van der Waals surface area contributed by atoms with Crippen LogP contribution < -0.4 is 5.32 Å². The monoisotopic (exact) mass is 371 g/mol. The number of benzene rings is 1. The molecule has 0 spiro atoms. The molecule has 2 aromatic rings. The number of amides is 1. The highest BCUT2D eigenvalue weighted by atomic mass is 16.6. The molecular weight excluding hydrogens is 350 g/mol. The largest absolute Gasteiger partial charge is 0.459 e. The number of aliphatic imine (C=N–C) groups is 1. The summed E-state index contributed by atoms with van der Waals surface area (Å²) in [5.41, 5.74) is 0.671. The van der Waals surface area contributed by atoms with E-state index in [0.717, 1.165) is 0 Å². The van der Waals surface area contributed by atoms with Gasteiger partial charge in [-0.3, -0.25) is 19.9 Å². The van der Waals surface area contributed by atoms with Gasteiger partial charge in [0.1, 0.15) is 0 Å². The fraction of sp³-hybridized carbons (Fsp3) is 0.333. The second-order valence-electron chi connectivity index (χ2n) is 6.04. The van der Waals surface area contributed by atoms with E-state index in [-0.39, 0.29) is 11.6 Å². The van der Waals surface area contributed by atoms with Crippen molar-refractivity contribution < 1.29 is 14.1 Å². The van der Waals surface area contributed by atoms with Crippen LogP contribution in [-0.4, -0.2) is 59.8 Å². The van der Waals surface area contributed by atoms with Gasteiger partial charge in [0.05, 0.1) is 11.2 Å². The molecule has 1 saturated heterocycles. The Kier molecular flexibility index (Phi) is 5.70. The number of para-hydroxylation sites is 1. The number of nitro benzene ring substituents is 1. The molecule has 0 bridgehead atoms. The third-order valence-corrected chi connectivity index (χ3v) is 4.44. The highest BCUT2D eigenvalue weighted by molar-refractivity contribution is 5.91. The molecule has 27 heavy (non-hydrogen) atoms. The molecular formula is C18H21N5O4. The summed E-state index contributed by atoms with van der Waals surface area (Å²) in [6.45, 7) is 2.62. The van der Waals surface area contributed by atoms with E-state index in [1.54, 1.807) is 42.3 Å². The Morgan fingerprint density at radius 3 is 2.52 bits per heavy atom. The maximum Gasteiger partial charge on any atom is 0.289 e. The molecule has 142 valence electrons. The van der Waals surface area contributed by atoms with Crippen LogP contribution in [-0.2, 0) is 6.54 Å². The second kappa shape index (κ2) is 8.35. The van der Waals surface area contributed by atoms with Gasteiger partial charge in [-0.05, 0) is 12.1 Å². The van der Waals surface area contributed by atoms with E-state index >= 15 is 0 Å².